The minimum Gasteiger partial charge on any atom is -0.465 e. The minimum atomic E-state index is -0.532. The van der Waals surface area contributed by atoms with E-state index in [1.165, 1.54) is 13.4 Å². The molecule has 0 saturated heterocycles. The lowest BCUT2D eigenvalue weighted by atomic mass is 10.1. The lowest BCUT2D eigenvalue weighted by Crippen LogP contribution is -2.10. The third-order valence-corrected chi connectivity index (χ3v) is 4.12. The average Bonchev–Trinajstić information content (AvgIpc) is 2.74. The number of carbonyl (C=O) groups excluding carboxylic acids is 1. The van der Waals surface area contributed by atoms with Crippen LogP contribution in [0.3, 0.4) is 0 Å². The number of benzene rings is 2. The van der Waals surface area contributed by atoms with Crippen LogP contribution in [-0.4, -0.2) is 34.5 Å². The molecule has 9 nitrogen and oxygen atoms in total. The minimum absolute atomic E-state index is 0.0537. The highest BCUT2D eigenvalue weighted by Crippen LogP contribution is 2.31. The van der Waals surface area contributed by atoms with Crippen molar-refractivity contribution >= 4 is 29.0 Å². The summed E-state index contributed by atoms with van der Waals surface area (Å²) >= 11 is 0. The van der Waals surface area contributed by atoms with Gasteiger partial charge in [0.25, 0.3) is 0 Å². The Morgan fingerprint density at radius 2 is 1.76 bits per heavy atom. The lowest BCUT2D eigenvalue weighted by molar-refractivity contribution is -0.383. The van der Waals surface area contributed by atoms with Crippen LogP contribution in [-0.2, 0) is 11.2 Å². The van der Waals surface area contributed by atoms with Crippen LogP contribution in [0.15, 0.2) is 60.9 Å². The van der Waals surface area contributed by atoms with Gasteiger partial charge in [-0.05, 0) is 36.2 Å². The monoisotopic (exact) mass is 393 g/mol. The van der Waals surface area contributed by atoms with Crippen molar-refractivity contribution in [1.29, 1.82) is 0 Å². The lowest BCUT2D eigenvalue weighted by Gasteiger charge is -2.10. The molecule has 0 bridgehead atoms. The molecule has 0 aliphatic heterocycles. The van der Waals surface area contributed by atoms with E-state index in [9.17, 15) is 14.9 Å². The summed E-state index contributed by atoms with van der Waals surface area (Å²) in [6, 6.07) is 16.1. The van der Waals surface area contributed by atoms with Crippen LogP contribution in [0.1, 0.15) is 15.9 Å². The molecule has 3 aromatic rings. The fraction of sp³-hybridized carbons (Fsp3) is 0.150. The Morgan fingerprint density at radius 3 is 2.41 bits per heavy atom. The molecule has 0 atom stereocenters. The maximum absolute atomic E-state index is 11.6. The zero-order valence-corrected chi connectivity index (χ0v) is 15.7. The molecule has 9 heteroatoms. The standard InChI is InChI=1S/C20H19N5O4/c1-29-20(26)15-7-9-16(10-8-15)24-19-17(25(27)28)18(22-13-23-19)21-12-11-14-5-3-2-4-6-14/h2-10,13H,11-12H2,1H3,(H2,21,22,23,24). The topological polar surface area (TPSA) is 119 Å². The third kappa shape index (κ3) is 5.04. The Bertz CT molecular complexity index is 994. The fourth-order valence-corrected chi connectivity index (χ4v) is 2.69. The first-order valence-electron chi connectivity index (χ1n) is 8.81. The number of ether oxygens (including phenoxy) is 1. The maximum Gasteiger partial charge on any atom is 0.353 e. The van der Waals surface area contributed by atoms with E-state index in [0.717, 1.165) is 5.56 Å². The van der Waals surface area contributed by atoms with E-state index in [0.29, 0.717) is 24.2 Å². The molecule has 2 N–H and O–H groups in total. The van der Waals surface area contributed by atoms with Crippen LogP contribution >= 0.6 is 0 Å². The molecule has 1 heterocycles. The van der Waals surface area contributed by atoms with E-state index in [4.69, 9.17) is 0 Å². The van der Waals surface area contributed by atoms with Gasteiger partial charge in [-0.25, -0.2) is 14.8 Å². The molecule has 0 aliphatic carbocycles. The molecule has 29 heavy (non-hydrogen) atoms. The van der Waals surface area contributed by atoms with Crippen molar-refractivity contribution in [1.82, 2.24) is 9.97 Å². The number of carbonyl (C=O) groups is 1. The number of hydrogen-bond donors (Lipinski definition) is 2. The molecular weight excluding hydrogens is 374 g/mol. The number of methoxy groups -OCH3 is 1. The van der Waals surface area contributed by atoms with Crippen molar-refractivity contribution in [2.75, 3.05) is 24.3 Å². The van der Waals surface area contributed by atoms with Crippen molar-refractivity contribution in [3.05, 3.63) is 82.2 Å². The van der Waals surface area contributed by atoms with Crippen molar-refractivity contribution in [3.8, 4) is 0 Å². The average molecular weight is 393 g/mol. The second kappa shape index (κ2) is 9.27. The summed E-state index contributed by atoms with van der Waals surface area (Å²) in [6.45, 7) is 0.481. The van der Waals surface area contributed by atoms with Gasteiger partial charge in [-0.2, -0.15) is 0 Å². The van der Waals surface area contributed by atoms with Gasteiger partial charge in [0.2, 0.25) is 11.6 Å². The molecule has 0 radical (unpaired) electrons. The molecule has 2 aromatic carbocycles. The normalized spacial score (nSPS) is 10.2. The largest absolute Gasteiger partial charge is 0.465 e. The third-order valence-electron chi connectivity index (χ3n) is 4.12. The van der Waals surface area contributed by atoms with Gasteiger partial charge in [0, 0.05) is 12.2 Å². The van der Waals surface area contributed by atoms with E-state index in [1.54, 1.807) is 24.3 Å². The molecular formula is C20H19N5O4. The quantitative estimate of drug-likeness (QED) is 0.339. The van der Waals surface area contributed by atoms with Gasteiger partial charge in [-0.3, -0.25) is 10.1 Å². The molecule has 0 unspecified atom stereocenters. The highest BCUT2D eigenvalue weighted by Gasteiger charge is 2.23. The van der Waals surface area contributed by atoms with Gasteiger partial charge in [-0.1, -0.05) is 30.3 Å². The molecule has 0 amide bonds. The predicted molar refractivity (Wildman–Crippen MR) is 108 cm³/mol. The van der Waals surface area contributed by atoms with E-state index in [2.05, 4.69) is 25.3 Å². The second-order valence-corrected chi connectivity index (χ2v) is 6.03. The number of esters is 1. The van der Waals surface area contributed by atoms with Gasteiger partial charge < -0.3 is 15.4 Å². The molecule has 0 saturated carbocycles. The smallest absolute Gasteiger partial charge is 0.353 e. The van der Waals surface area contributed by atoms with Crippen LogP contribution in [0.5, 0.6) is 0 Å². The summed E-state index contributed by atoms with van der Waals surface area (Å²) in [6.07, 6.45) is 1.95. The first-order chi connectivity index (χ1) is 14.1. The first kappa shape index (κ1) is 19.7. The number of anilines is 3. The fourth-order valence-electron chi connectivity index (χ4n) is 2.69. The summed E-state index contributed by atoms with van der Waals surface area (Å²) < 4.78 is 4.65. The zero-order valence-electron chi connectivity index (χ0n) is 15.7. The number of rotatable bonds is 8. The summed E-state index contributed by atoms with van der Waals surface area (Å²) in [4.78, 5) is 30.6. The molecule has 1 aromatic heterocycles. The molecule has 0 aliphatic rings. The SMILES string of the molecule is COC(=O)c1ccc(Nc2ncnc(NCCc3ccccc3)c2[N+](=O)[O-])cc1. The van der Waals surface area contributed by atoms with Crippen molar-refractivity contribution in [3.63, 3.8) is 0 Å². The van der Waals surface area contributed by atoms with Gasteiger partial charge in [0.15, 0.2) is 0 Å². The van der Waals surface area contributed by atoms with E-state index >= 15 is 0 Å². The summed E-state index contributed by atoms with van der Waals surface area (Å²) in [5.74, 6) is -0.276. The van der Waals surface area contributed by atoms with Crippen LogP contribution in [0.2, 0.25) is 0 Å². The number of aromatic nitrogens is 2. The summed E-state index contributed by atoms with van der Waals surface area (Å²) in [7, 11) is 1.30. The molecule has 0 spiro atoms. The molecule has 3 rings (SSSR count). The molecule has 148 valence electrons. The highest BCUT2D eigenvalue weighted by molar-refractivity contribution is 5.89. The Balaban J connectivity index is 1.76. The van der Waals surface area contributed by atoms with E-state index in [1.807, 2.05) is 30.3 Å². The van der Waals surface area contributed by atoms with Crippen LogP contribution < -0.4 is 10.6 Å². The number of nitro groups is 1. The summed E-state index contributed by atoms with van der Waals surface area (Å²) in [5.41, 5.74) is 1.77. The zero-order chi connectivity index (χ0) is 20.6. The maximum atomic E-state index is 11.6. The Hall–Kier alpha value is -4.01. The Kier molecular flexibility index (Phi) is 6.31. The van der Waals surface area contributed by atoms with E-state index in [-0.39, 0.29) is 17.3 Å². The summed E-state index contributed by atoms with van der Waals surface area (Å²) in [5, 5.41) is 17.5. The number of hydrogen-bond acceptors (Lipinski definition) is 8. The van der Waals surface area contributed by atoms with Crippen LogP contribution in [0.4, 0.5) is 23.0 Å². The van der Waals surface area contributed by atoms with Gasteiger partial charge in [0.1, 0.15) is 6.33 Å². The Morgan fingerprint density at radius 1 is 1.07 bits per heavy atom. The molecule has 0 fully saturated rings. The van der Waals surface area contributed by atoms with Crippen molar-refractivity contribution < 1.29 is 14.5 Å². The van der Waals surface area contributed by atoms with Gasteiger partial charge >= 0.3 is 11.7 Å². The van der Waals surface area contributed by atoms with E-state index < -0.39 is 10.9 Å². The second-order valence-electron chi connectivity index (χ2n) is 6.03. The van der Waals surface area contributed by atoms with Crippen molar-refractivity contribution in [2.45, 2.75) is 6.42 Å². The first-order valence-corrected chi connectivity index (χ1v) is 8.81. The van der Waals surface area contributed by atoms with Crippen molar-refractivity contribution in [2.24, 2.45) is 0 Å². The number of nitrogens with one attached hydrogen (secondary N) is 2. The van der Waals surface area contributed by atoms with Crippen LogP contribution in [0, 0.1) is 10.1 Å². The highest BCUT2D eigenvalue weighted by atomic mass is 16.6. The van der Waals surface area contributed by atoms with Crippen LogP contribution in [0.25, 0.3) is 0 Å². The Labute approximate surface area is 166 Å². The number of nitrogens with zero attached hydrogens (tertiary/aromatic N) is 3. The van der Waals surface area contributed by atoms with Gasteiger partial charge in [-0.15, -0.1) is 0 Å². The van der Waals surface area contributed by atoms with Gasteiger partial charge in [0.05, 0.1) is 17.6 Å². The predicted octanol–water partition coefficient (Wildman–Crippen LogP) is 3.57.